The van der Waals surface area contributed by atoms with Crippen molar-refractivity contribution in [2.75, 3.05) is 18.5 Å². The number of ether oxygens (including phenoxy) is 1. The highest BCUT2D eigenvalue weighted by molar-refractivity contribution is 6.42. The van der Waals surface area contributed by atoms with Gasteiger partial charge in [-0.15, -0.1) is 0 Å². The number of fused-ring (bicyclic) bond motifs is 1. The van der Waals surface area contributed by atoms with Gasteiger partial charge in [0.1, 0.15) is 5.75 Å². The zero-order chi connectivity index (χ0) is 18.0. The minimum Gasteiger partial charge on any atom is -0.482 e. The predicted octanol–water partition coefficient (Wildman–Crippen LogP) is 3.99. The molecule has 2 amide bonds. The third-order valence-corrected chi connectivity index (χ3v) is 4.62. The molecule has 0 fully saturated rings. The molecule has 2 aromatic carbocycles. The van der Waals surface area contributed by atoms with Crippen LogP contribution in [0.2, 0.25) is 10.0 Å². The number of nitrogens with one attached hydrogen (secondary N) is 1. The summed E-state index contributed by atoms with van der Waals surface area (Å²) in [7, 11) is 0. The summed E-state index contributed by atoms with van der Waals surface area (Å²) in [4.78, 5) is 25.9. The van der Waals surface area contributed by atoms with Crippen LogP contribution in [-0.2, 0) is 11.3 Å². The van der Waals surface area contributed by atoms with Gasteiger partial charge in [0.2, 0.25) is 0 Å². The molecule has 25 heavy (non-hydrogen) atoms. The van der Waals surface area contributed by atoms with E-state index in [4.69, 9.17) is 27.9 Å². The number of benzene rings is 2. The van der Waals surface area contributed by atoms with E-state index < -0.39 is 0 Å². The van der Waals surface area contributed by atoms with Crippen LogP contribution in [0.1, 0.15) is 22.8 Å². The molecule has 0 aliphatic carbocycles. The Bertz CT molecular complexity index is 839. The van der Waals surface area contributed by atoms with Gasteiger partial charge in [-0.05, 0) is 42.8 Å². The van der Waals surface area contributed by atoms with Crippen LogP contribution in [0.4, 0.5) is 5.69 Å². The highest BCUT2D eigenvalue weighted by Crippen LogP contribution is 2.29. The number of anilines is 1. The highest BCUT2D eigenvalue weighted by Gasteiger charge is 2.20. The lowest BCUT2D eigenvalue weighted by molar-refractivity contribution is -0.118. The second-order valence-corrected chi connectivity index (χ2v) is 6.43. The van der Waals surface area contributed by atoms with Gasteiger partial charge in [0.05, 0.1) is 15.7 Å². The molecule has 7 heteroatoms. The molecule has 1 N–H and O–H groups in total. The Morgan fingerprint density at radius 1 is 1.20 bits per heavy atom. The van der Waals surface area contributed by atoms with Gasteiger partial charge in [0, 0.05) is 18.7 Å². The van der Waals surface area contributed by atoms with Crippen molar-refractivity contribution in [2.45, 2.75) is 13.5 Å². The maximum Gasteiger partial charge on any atom is 0.262 e. The van der Waals surface area contributed by atoms with Crippen molar-refractivity contribution in [3.63, 3.8) is 0 Å². The second kappa shape index (κ2) is 7.33. The van der Waals surface area contributed by atoms with Gasteiger partial charge in [-0.2, -0.15) is 0 Å². The molecule has 130 valence electrons. The minimum atomic E-state index is -0.236. The predicted molar refractivity (Wildman–Crippen MR) is 97.4 cm³/mol. The van der Waals surface area contributed by atoms with Gasteiger partial charge in [-0.3, -0.25) is 9.59 Å². The van der Waals surface area contributed by atoms with Crippen LogP contribution in [-0.4, -0.2) is 29.9 Å². The van der Waals surface area contributed by atoms with Gasteiger partial charge in [0.25, 0.3) is 11.8 Å². The van der Waals surface area contributed by atoms with Crippen molar-refractivity contribution in [3.05, 3.63) is 57.6 Å². The topological polar surface area (TPSA) is 58.6 Å². The fraction of sp³-hybridized carbons (Fsp3) is 0.222. The summed E-state index contributed by atoms with van der Waals surface area (Å²) in [5.41, 5.74) is 1.87. The molecular weight excluding hydrogens is 363 g/mol. The summed E-state index contributed by atoms with van der Waals surface area (Å²) in [5.74, 6) is 0.181. The van der Waals surface area contributed by atoms with E-state index in [2.05, 4.69) is 5.32 Å². The van der Waals surface area contributed by atoms with E-state index in [0.29, 0.717) is 40.1 Å². The van der Waals surface area contributed by atoms with Crippen molar-refractivity contribution in [2.24, 2.45) is 0 Å². The van der Waals surface area contributed by atoms with Gasteiger partial charge >= 0.3 is 0 Å². The summed E-state index contributed by atoms with van der Waals surface area (Å²) in [6.07, 6.45) is 0. The minimum absolute atomic E-state index is 0.0152. The number of nitrogens with zero attached hydrogens (tertiary/aromatic N) is 1. The van der Waals surface area contributed by atoms with E-state index in [1.54, 1.807) is 35.2 Å². The average molecular weight is 379 g/mol. The largest absolute Gasteiger partial charge is 0.482 e. The Kier molecular flexibility index (Phi) is 5.16. The molecule has 5 nitrogen and oxygen atoms in total. The number of halogens is 2. The average Bonchev–Trinajstić information content (AvgIpc) is 2.61. The van der Waals surface area contributed by atoms with E-state index in [0.717, 1.165) is 5.56 Å². The van der Waals surface area contributed by atoms with Crippen LogP contribution in [0.3, 0.4) is 0 Å². The molecule has 0 unspecified atom stereocenters. The summed E-state index contributed by atoms with van der Waals surface area (Å²) >= 11 is 12.0. The van der Waals surface area contributed by atoms with E-state index in [1.807, 2.05) is 13.0 Å². The SMILES string of the molecule is CCN(Cc1ccc(Cl)c(Cl)c1)C(=O)c1ccc2c(c1)NC(=O)CO2. The Labute approximate surface area is 155 Å². The normalized spacial score (nSPS) is 12.8. The molecule has 0 atom stereocenters. The molecule has 1 aliphatic rings. The monoisotopic (exact) mass is 378 g/mol. The lowest BCUT2D eigenvalue weighted by Gasteiger charge is -2.23. The Morgan fingerprint density at radius 3 is 2.72 bits per heavy atom. The molecule has 0 saturated heterocycles. The Balaban J connectivity index is 1.81. The third kappa shape index (κ3) is 3.89. The van der Waals surface area contributed by atoms with Gasteiger partial charge in [-0.1, -0.05) is 29.3 Å². The zero-order valence-electron chi connectivity index (χ0n) is 13.5. The first-order chi connectivity index (χ1) is 12.0. The van der Waals surface area contributed by atoms with Crippen LogP contribution >= 0.6 is 23.2 Å². The number of rotatable bonds is 4. The number of amides is 2. The molecule has 0 bridgehead atoms. The zero-order valence-corrected chi connectivity index (χ0v) is 15.0. The molecule has 0 spiro atoms. The maximum absolute atomic E-state index is 12.8. The molecule has 2 aromatic rings. The first-order valence-electron chi connectivity index (χ1n) is 7.78. The summed E-state index contributed by atoms with van der Waals surface area (Å²) in [6, 6.07) is 10.3. The van der Waals surface area contributed by atoms with Crippen molar-refractivity contribution in [1.29, 1.82) is 0 Å². The summed E-state index contributed by atoms with van der Waals surface area (Å²) < 4.78 is 5.31. The van der Waals surface area contributed by atoms with E-state index in [9.17, 15) is 9.59 Å². The van der Waals surface area contributed by atoms with Crippen LogP contribution in [0.5, 0.6) is 5.75 Å². The van der Waals surface area contributed by atoms with E-state index in [1.165, 1.54) is 0 Å². The first-order valence-corrected chi connectivity index (χ1v) is 8.53. The van der Waals surface area contributed by atoms with Crippen LogP contribution in [0.25, 0.3) is 0 Å². The van der Waals surface area contributed by atoms with Crippen molar-refractivity contribution in [1.82, 2.24) is 4.90 Å². The van der Waals surface area contributed by atoms with Gasteiger partial charge < -0.3 is 15.0 Å². The molecular formula is C18H16Cl2N2O3. The van der Waals surface area contributed by atoms with E-state index in [-0.39, 0.29) is 18.4 Å². The molecule has 1 heterocycles. The Morgan fingerprint density at radius 2 is 2.00 bits per heavy atom. The number of carbonyl (C=O) groups is 2. The summed E-state index contributed by atoms with van der Waals surface area (Å²) in [5, 5.41) is 3.64. The first kappa shape index (κ1) is 17.6. The van der Waals surface area contributed by atoms with Gasteiger partial charge in [-0.25, -0.2) is 0 Å². The molecule has 0 radical (unpaired) electrons. The van der Waals surface area contributed by atoms with Crippen LogP contribution < -0.4 is 10.1 Å². The number of carbonyl (C=O) groups excluding carboxylic acids is 2. The fourth-order valence-corrected chi connectivity index (χ4v) is 2.90. The lowest BCUT2D eigenvalue weighted by atomic mass is 10.1. The number of hydrogen-bond donors (Lipinski definition) is 1. The number of hydrogen-bond acceptors (Lipinski definition) is 3. The van der Waals surface area contributed by atoms with Gasteiger partial charge in [0.15, 0.2) is 6.61 Å². The molecule has 1 aliphatic heterocycles. The van der Waals surface area contributed by atoms with Crippen molar-refractivity contribution < 1.29 is 14.3 Å². The maximum atomic E-state index is 12.8. The standard InChI is InChI=1S/C18H16Cl2N2O3/c1-2-22(9-11-3-5-13(19)14(20)7-11)18(24)12-4-6-16-15(8-12)21-17(23)10-25-16/h3-8H,2,9-10H2,1H3,(H,21,23). The fourth-order valence-electron chi connectivity index (χ4n) is 2.58. The molecule has 0 aromatic heterocycles. The van der Waals surface area contributed by atoms with E-state index >= 15 is 0 Å². The lowest BCUT2D eigenvalue weighted by Crippen LogP contribution is -2.31. The van der Waals surface area contributed by atoms with Crippen LogP contribution in [0.15, 0.2) is 36.4 Å². The summed E-state index contributed by atoms with van der Waals surface area (Å²) in [6.45, 7) is 2.82. The smallest absolute Gasteiger partial charge is 0.262 e. The van der Waals surface area contributed by atoms with Crippen LogP contribution in [0, 0.1) is 0 Å². The highest BCUT2D eigenvalue weighted by atomic mass is 35.5. The second-order valence-electron chi connectivity index (χ2n) is 5.62. The quantitative estimate of drug-likeness (QED) is 0.874. The van der Waals surface area contributed by atoms with Crippen molar-refractivity contribution >= 4 is 40.7 Å². The molecule has 0 saturated carbocycles. The Hall–Kier alpha value is -2.24. The third-order valence-electron chi connectivity index (χ3n) is 3.89. The van der Waals surface area contributed by atoms with Crippen molar-refractivity contribution in [3.8, 4) is 5.75 Å². The molecule has 3 rings (SSSR count).